The fraction of sp³-hybridized carbons (Fsp3) is 0.480. The van der Waals surface area contributed by atoms with Crippen molar-refractivity contribution in [3.05, 3.63) is 52.5 Å². The van der Waals surface area contributed by atoms with Crippen LogP contribution in [0.4, 0.5) is 5.69 Å². The maximum atomic E-state index is 13.0. The summed E-state index contributed by atoms with van der Waals surface area (Å²) in [5.41, 5.74) is 0.990. The first-order valence-electron chi connectivity index (χ1n) is 11.8. The molecule has 9 heteroatoms. The molecule has 7 nitrogen and oxygen atoms in total. The van der Waals surface area contributed by atoms with Crippen LogP contribution in [0.5, 0.6) is 5.75 Å². The van der Waals surface area contributed by atoms with Gasteiger partial charge in [-0.25, -0.2) is 8.42 Å². The van der Waals surface area contributed by atoms with Gasteiger partial charge in [0.2, 0.25) is 10.0 Å². The summed E-state index contributed by atoms with van der Waals surface area (Å²) in [5, 5.41) is 2.82. The Labute approximate surface area is 210 Å². The number of halogens is 1. The number of hydrogen-bond donors (Lipinski definition) is 1. The van der Waals surface area contributed by atoms with Crippen molar-refractivity contribution in [1.82, 2.24) is 4.31 Å². The van der Waals surface area contributed by atoms with Crippen molar-refractivity contribution in [3.8, 4) is 5.75 Å². The highest BCUT2D eigenvalue weighted by Gasteiger charge is 2.29. The normalized spacial score (nSPS) is 19.3. The average Bonchev–Trinajstić information content (AvgIpc) is 3.37. The molecule has 2 fully saturated rings. The lowest BCUT2D eigenvalue weighted by atomic mass is 9.96. The van der Waals surface area contributed by atoms with Crippen LogP contribution >= 0.6 is 15.9 Å². The lowest BCUT2D eigenvalue weighted by Crippen LogP contribution is -2.38. The van der Waals surface area contributed by atoms with Crippen LogP contribution in [-0.4, -0.2) is 51.0 Å². The number of carbonyl (C=O) groups excluding carboxylic acids is 1. The highest BCUT2D eigenvalue weighted by Crippen LogP contribution is 2.29. The number of sulfonamides is 1. The summed E-state index contributed by atoms with van der Waals surface area (Å²) in [7, 11) is -1.91. The summed E-state index contributed by atoms with van der Waals surface area (Å²) >= 11 is 3.47. The molecule has 0 spiro atoms. The summed E-state index contributed by atoms with van der Waals surface area (Å²) in [6, 6.07) is 11.5. The number of hydrogen-bond acceptors (Lipinski definition) is 5. The predicted molar refractivity (Wildman–Crippen MR) is 135 cm³/mol. The van der Waals surface area contributed by atoms with Crippen LogP contribution in [0, 0.1) is 0 Å². The highest BCUT2D eigenvalue weighted by atomic mass is 79.9. The molecule has 1 saturated carbocycles. The van der Waals surface area contributed by atoms with E-state index in [1.807, 2.05) is 0 Å². The Balaban J connectivity index is 1.37. The zero-order valence-electron chi connectivity index (χ0n) is 19.3. The van der Waals surface area contributed by atoms with E-state index in [0.717, 1.165) is 45.1 Å². The van der Waals surface area contributed by atoms with Gasteiger partial charge in [-0.15, -0.1) is 0 Å². The molecule has 0 aromatic heterocycles. The molecule has 1 amide bonds. The number of ether oxygens (including phenoxy) is 2. The number of benzene rings is 2. The molecule has 2 aromatic rings. The van der Waals surface area contributed by atoms with E-state index < -0.39 is 10.0 Å². The van der Waals surface area contributed by atoms with Crippen molar-refractivity contribution >= 4 is 37.5 Å². The summed E-state index contributed by atoms with van der Waals surface area (Å²) in [6.07, 6.45) is 7.26. The lowest BCUT2D eigenvalue weighted by Gasteiger charge is -2.30. The molecule has 2 aliphatic rings. The second-order valence-electron chi connectivity index (χ2n) is 8.88. The minimum absolute atomic E-state index is 0.0502. The predicted octanol–water partition coefficient (Wildman–Crippen LogP) is 5.21. The third-order valence-corrected chi connectivity index (χ3v) is 9.06. The number of anilines is 1. The van der Waals surface area contributed by atoms with Crippen molar-refractivity contribution in [1.29, 1.82) is 0 Å². The average molecular weight is 552 g/mol. The topological polar surface area (TPSA) is 84.9 Å². The zero-order chi connectivity index (χ0) is 24.1. The highest BCUT2D eigenvalue weighted by molar-refractivity contribution is 9.10. The maximum absolute atomic E-state index is 13.0. The van der Waals surface area contributed by atoms with Crippen LogP contribution in [0.15, 0.2) is 51.8 Å². The van der Waals surface area contributed by atoms with Crippen LogP contribution < -0.4 is 10.1 Å². The van der Waals surface area contributed by atoms with E-state index in [1.54, 1.807) is 49.5 Å². The summed E-state index contributed by atoms with van der Waals surface area (Å²) < 4.78 is 39.6. The Morgan fingerprint density at radius 2 is 1.82 bits per heavy atom. The van der Waals surface area contributed by atoms with Crippen molar-refractivity contribution in [3.63, 3.8) is 0 Å². The molecule has 1 unspecified atom stereocenters. The molecular formula is C25H31BrN2O5S. The molecule has 1 saturated heterocycles. The molecule has 34 heavy (non-hydrogen) atoms. The van der Waals surface area contributed by atoms with Gasteiger partial charge in [0.15, 0.2) is 0 Å². The van der Waals surface area contributed by atoms with Gasteiger partial charge < -0.3 is 14.8 Å². The van der Waals surface area contributed by atoms with E-state index in [0.29, 0.717) is 28.1 Å². The Morgan fingerprint density at radius 3 is 2.47 bits per heavy atom. The first kappa shape index (κ1) is 25.2. The Hall–Kier alpha value is -1.94. The van der Waals surface area contributed by atoms with Gasteiger partial charge in [-0.05, 0) is 84.1 Å². The zero-order valence-corrected chi connectivity index (χ0v) is 21.7. The van der Waals surface area contributed by atoms with E-state index in [1.165, 1.54) is 10.7 Å². The summed E-state index contributed by atoms with van der Waals surface area (Å²) in [6.45, 7) is 1.26. The second kappa shape index (κ2) is 11.2. The lowest BCUT2D eigenvalue weighted by molar-refractivity contribution is 0.0677. The van der Waals surface area contributed by atoms with Gasteiger partial charge in [-0.2, -0.15) is 4.31 Å². The molecule has 2 aromatic carbocycles. The molecule has 1 heterocycles. The van der Waals surface area contributed by atoms with Gasteiger partial charge in [0, 0.05) is 30.9 Å². The molecule has 0 radical (unpaired) electrons. The van der Waals surface area contributed by atoms with Crippen LogP contribution in [0.2, 0.25) is 0 Å². The van der Waals surface area contributed by atoms with Gasteiger partial charge in [-0.1, -0.05) is 19.3 Å². The molecule has 1 atom stereocenters. The Bertz CT molecular complexity index is 1090. The molecule has 0 bridgehead atoms. The molecule has 1 aliphatic carbocycles. The number of nitrogens with one attached hydrogen (secondary N) is 1. The van der Waals surface area contributed by atoms with Crippen molar-refractivity contribution in [2.45, 2.75) is 62.0 Å². The number of rotatable bonds is 8. The summed E-state index contributed by atoms with van der Waals surface area (Å²) in [5.74, 6) is 0.366. The number of nitrogens with zero attached hydrogens (tertiary/aromatic N) is 1. The van der Waals surface area contributed by atoms with Gasteiger partial charge in [0.05, 0.1) is 15.5 Å². The van der Waals surface area contributed by atoms with Crippen molar-refractivity contribution in [2.75, 3.05) is 25.6 Å². The van der Waals surface area contributed by atoms with E-state index in [9.17, 15) is 13.2 Å². The molecule has 1 N–H and O–H groups in total. The number of carbonyl (C=O) groups is 1. The largest absolute Gasteiger partial charge is 0.490 e. The first-order chi connectivity index (χ1) is 16.3. The molecular weight excluding hydrogens is 520 g/mol. The minimum Gasteiger partial charge on any atom is -0.490 e. The van der Waals surface area contributed by atoms with Gasteiger partial charge in [0.1, 0.15) is 12.4 Å². The van der Waals surface area contributed by atoms with E-state index in [-0.39, 0.29) is 22.9 Å². The third kappa shape index (κ3) is 6.00. The second-order valence-corrected chi connectivity index (χ2v) is 11.7. The fourth-order valence-corrected chi connectivity index (χ4v) is 6.35. The smallest absolute Gasteiger partial charge is 0.255 e. The fourth-order valence-electron chi connectivity index (χ4n) is 4.44. The number of amides is 1. The Morgan fingerprint density at radius 1 is 1.09 bits per heavy atom. The van der Waals surface area contributed by atoms with Crippen molar-refractivity contribution in [2.24, 2.45) is 0 Å². The first-order valence-corrected chi connectivity index (χ1v) is 14.0. The molecule has 184 valence electrons. The third-order valence-electron chi connectivity index (χ3n) is 6.52. The molecule has 4 rings (SSSR count). The quantitative estimate of drug-likeness (QED) is 0.487. The van der Waals surface area contributed by atoms with Gasteiger partial charge in [-0.3, -0.25) is 4.79 Å². The van der Waals surface area contributed by atoms with Gasteiger partial charge in [0.25, 0.3) is 5.91 Å². The maximum Gasteiger partial charge on any atom is 0.255 e. The van der Waals surface area contributed by atoms with Gasteiger partial charge >= 0.3 is 0 Å². The van der Waals surface area contributed by atoms with Crippen molar-refractivity contribution < 1.29 is 22.7 Å². The summed E-state index contributed by atoms with van der Waals surface area (Å²) in [4.78, 5) is 13.0. The standard InChI is InChI=1S/C25H31BrN2O5S/c1-28(20-6-3-2-4-7-20)34(30,31)22-12-10-19(11-13-22)27-25(29)18-9-14-24(23(26)16-18)33-17-21-8-5-15-32-21/h9-14,16,20-21H,2-8,15,17H2,1H3,(H,27,29). The van der Waals surface area contributed by atoms with Crippen LogP contribution in [0.3, 0.4) is 0 Å². The van der Waals surface area contributed by atoms with E-state index in [2.05, 4.69) is 21.2 Å². The monoisotopic (exact) mass is 550 g/mol. The SMILES string of the molecule is CN(C1CCCCC1)S(=O)(=O)c1ccc(NC(=O)c2ccc(OCC3CCCO3)c(Br)c2)cc1. The van der Waals surface area contributed by atoms with Crippen LogP contribution in [-0.2, 0) is 14.8 Å². The van der Waals surface area contributed by atoms with Crippen LogP contribution in [0.1, 0.15) is 55.3 Å². The minimum atomic E-state index is -3.57. The molecule has 1 aliphatic heterocycles. The Kier molecular flexibility index (Phi) is 8.29. The van der Waals surface area contributed by atoms with E-state index >= 15 is 0 Å². The van der Waals surface area contributed by atoms with E-state index in [4.69, 9.17) is 9.47 Å². The van der Waals surface area contributed by atoms with Crippen LogP contribution in [0.25, 0.3) is 0 Å².